The molecule has 6 nitrogen and oxygen atoms in total. The maximum atomic E-state index is 12.5. The Balaban J connectivity index is 2.39. The second-order valence-electron chi connectivity index (χ2n) is 4.06. The van der Waals surface area contributed by atoms with Gasteiger partial charge in [-0.1, -0.05) is 12.1 Å². The number of aliphatic hydroxyl groups excluding tert-OH is 1. The van der Waals surface area contributed by atoms with Gasteiger partial charge in [0.25, 0.3) is 0 Å². The molecule has 1 unspecified atom stereocenters. The van der Waals surface area contributed by atoms with E-state index in [1.165, 1.54) is 10.4 Å². The van der Waals surface area contributed by atoms with Crippen LogP contribution < -0.4 is 5.73 Å². The molecule has 1 fully saturated rings. The molecule has 0 aromatic heterocycles. The predicted octanol–water partition coefficient (Wildman–Crippen LogP) is -0.349. The molecule has 2 rings (SSSR count). The van der Waals surface area contributed by atoms with Crippen molar-refractivity contribution >= 4 is 15.7 Å². The molecule has 1 aromatic rings. The minimum Gasteiger partial charge on any atom is -0.398 e. The minimum atomic E-state index is -3.69. The summed E-state index contributed by atoms with van der Waals surface area (Å²) in [6.07, 6.45) is 0. The van der Waals surface area contributed by atoms with Crippen molar-refractivity contribution in [2.45, 2.75) is 10.9 Å². The van der Waals surface area contributed by atoms with E-state index >= 15 is 0 Å². The van der Waals surface area contributed by atoms with Gasteiger partial charge in [-0.05, 0) is 12.1 Å². The summed E-state index contributed by atoms with van der Waals surface area (Å²) in [5.41, 5.74) is 5.91. The molecule has 18 heavy (non-hydrogen) atoms. The Morgan fingerprint density at radius 3 is 2.83 bits per heavy atom. The summed E-state index contributed by atoms with van der Waals surface area (Å²) < 4.78 is 31.3. The molecule has 1 aliphatic rings. The van der Waals surface area contributed by atoms with E-state index in [0.717, 1.165) is 0 Å². The van der Waals surface area contributed by atoms with Crippen LogP contribution in [-0.4, -0.2) is 50.2 Å². The van der Waals surface area contributed by atoms with Crippen LogP contribution in [0.3, 0.4) is 0 Å². The lowest BCUT2D eigenvalue weighted by atomic mass is 10.3. The van der Waals surface area contributed by atoms with Gasteiger partial charge in [-0.3, -0.25) is 0 Å². The van der Waals surface area contributed by atoms with Crippen LogP contribution in [0.25, 0.3) is 0 Å². The van der Waals surface area contributed by atoms with Gasteiger partial charge in [0, 0.05) is 6.54 Å². The SMILES string of the molecule is Nc1ccccc1S(=O)(=O)N1CCOCC1CO. The van der Waals surface area contributed by atoms with E-state index in [2.05, 4.69) is 0 Å². The number of rotatable bonds is 3. The smallest absolute Gasteiger partial charge is 0.245 e. The first-order valence-corrected chi connectivity index (χ1v) is 7.06. The monoisotopic (exact) mass is 272 g/mol. The Hall–Kier alpha value is -1.15. The fourth-order valence-corrected chi connectivity index (χ4v) is 3.65. The van der Waals surface area contributed by atoms with Crippen LogP contribution in [0.15, 0.2) is 29.2 Å². The largest absolute Gasteiger partial charge is 0.398 e. The van der Waals surface area contributed by atoms with Gasteiger partial charge in [0.05, 0.1) is 31.5 Å². The Labute approximate surface area is 106 Å². The van der Waals surface area contributed by atoms with Gasteiger partial charge in [-0.15, -0.1) is 0 Å². The number of anilines is 1. The highest BCUT2D eigenvalue weighted by Gasteiger charge is 2.34. The first-order valence-electron chi connectivity index (χ1n) is 5.62. The number of sulfonamides is 1. The lowest BCUT2D eigenvalue weighted by Crippen LogP contribution is -2.50. The molecule has 1 atom stereocenters. The van der Waals surface area contributed by atoms with Crippen molar-refractivity contribution < 1.29 is 18.3 Å². The van der Waals surface area contributed by atoms with Crippen molar-refractivity contribution in [3.8, 4) is 0 Å². The summed E-state index contributed by atoms with van der Waals surface area (Å²) in [5, 5.41) is 9.22. The highest BCUT2D eigenvalue weighted by atomic mass is 32.2. The zero-order valence-corrected chi connectivity index (χ0v) is 10.6. The van der Waals surface area contributed by atoms with Gasteiger partial charge in [0.2, 0.25) is 10.0 Å². The molecule has 0 bridgehead atoms. The van der Waals surface area contributed by atoms with E-state index in [4.69, 9.17) is 10.5 Å². The van der Waals surface area contributed by atoms with Crippen molar-refractivity contribution in [1.29, 1.82) is 0 Å². The highest BCUT2D eigenvalue weighted by Crippen LogP contribution is 2.24. The van der Waals surface area contributed by atoms with E-state index in [1.807, 2.05) is 0 Å². The molecule has 7 heteroatoms. The molecule has 1 aromatic carbocycles. The number of ether oxygens (including phenoxy) is 1. The first kappa shape index (κ1) is 13.3. The Bertz CT molecular complexity index is 518. The van der Waals surface area contributed by atoms with Gasteiger partial charge in [-0.2, -0.15) is 4.31 Å². The number of nitrogen functional groups attached to an aromatic ring is 1. The predicted molar refractivity (Wildman–Crippen MR) is 66.4 cm³/mol. The zero-order chi connectivity index (χ0) is 13.2. The first-order chi connectivity index (χ1) is 8.57. The highest BCUT2D eigenvalue weighted by molar-refractivity contribution is 7.89. The zero-order valence-electron chi connectivity index (χ0n) is 9.82. The van der Waals surface area contributed by atoms with Gasteiger partial charge >= 0.3 is 0 Å². The molecule has 0 aliphatic carbocycles. The fourth-order valence-electron chi connectivity index (χ4n) is 1.94. The average Bonchev–Trinajstić information content (AvgIpc) is 2.39. The maximum Gasteiger partial charge on any atom is 0.245 e. The number of aliphatic hydroxyl groups is 1. The van der Waals surface area contributed by atoms with Gasteiger partial charge in [0.15, 0.2) is 0 Å². The van der Waals surface area contributed by atoms with E-state index in [-0.39, 0.29) is 30.3 Å². The van der Waals surface area contributed by atoms with E-state index < -0.39 is 16.1 Å². The van der Waals surface area contributed by atoms with Crippen LogP contribution in [-0.2, 0) is 14.8 Å². The number of nitrogens with zero attached hydrogens (tertiary/aromatic N) is 1. The fraction of sp³-hybridized carbons (Fsp3) is 0.455. The van der Waals surface area contributed by atoms with E-state index in [1.54, 1.807) is 18.2 Å². The van der Waals surface area contributed by atoms with Crippen LogP contribution in [0.2, 0.25) is 0 Å². The molecule has 3 N–H and O–H groups in total. The number of hydrogen-bond acceptors (Lipinski definition) is 5. The summed E-state index contributed by atoms with van der Waals surface area (Å²) >= 11 is 0. The third kappa shape index (κ3) is 2.35. The standard InChI is InChI=1S/C11H16N2O4S/c12-10-3-1-2-4-11(10)18(15,16)13-5-6-17-8-9(13)7-14/h1-4,9,14H,5-8,12H2. The van der Waals surface area contributed by atoms with Crippen LogP contribution in [0, 0.1) is 0 Å². The number of para-hydroxylation sites is 1. The summed E-state index contributed by atoms with van der Waals surface area (Å²) in [6, 6.07) is 5.76. The summed E-state index contributed by atoms with van der Waals surface area (Å²) in [4.78, 5) is 0.0744. The normalized spacial score (nSPS) is 21.9. The molecular weight excluding hydrogens is 256 g/mol. The topological polar surface area (TPSA) is 92.9 Å². The number of morpholine rings is 1. The van der Waals surface area contributed by atoms with Crippen LogP contribution in [0.5, 0.6) is 0 Å². The third-order valence-corrected chi connectivity index (χ3v) is 4.92. The molecule has 0 radical (unpaired) electrons. The second-order valence-corrected chi connectivity index (χ2v) is 5.92. The minimum absolute atomic E-state index is 0.0744. The van der Waals surface area contributed by atoms with Crippen LogP contribution in [0.1, 0.15) is 0 Å². The Morgan fingerprint density at radius 2 is 2.17 bits per heavy atom. The molecule has 0 spiro atoms. The van der Waals surface area contributed by atoms with Crippen molar-refractivity contribution in [1.82, 2.24) is 4.31 Å². The lowest BCUT2D eigenvalue weighted by Gasteiger charge is -2.33. The molecule has 100 valence electrons. The van der Waals surface area contributed by atoms with Gasteiger partial charge in [0.1, 0.15) is 4.90 Å². The van der Waals surface area contributed by atoms with Crippen molar-refractivity contribution in [2.24, 2.45) is 0 Å². The molecule has 0 saturated carbocycles. The Kier molecular flexibility index (Phi) is 3.86. The van der Waals surface area contributed by atoms with E-state index in [9.17, 15) is 13.5 Å². The van der Waals surface area contributed by atoms with Crippen LogP contribution in [0.4, 0.5) is 5.69 Å². The summed E-state index contributed by atoms with van der Waals surface area (Å²) in [7, 11) is -3.69. The van der Waals surface area contributed by atoms with Crippen molar-refractivity contribution in [2.75, 3.05) is 32.1 Å². The Morgan fingerprint density at radius 1 is 1.44 bits per heavy atom. The summed E-state index contributed by atoms with van der Waals surface area (Å²) in [5.74, 6) is 0. The molecule has 0 amide bonds. The molecule has 1 saturated heterocycles. The van der Waals surface area contributed by atoms with Crippen molar-refractivity contribution in [3.05, 3.63) is 24.3 Å². The number of nitrogens with two attached hydrogens (primary N) is 1. The number of benzene rings is 1. The van der Waals surface area contributed by atoms with E-state index in [0.29, 0.717) is 6.61 Å². The van der Waals surface area contributed by atoms with Crippen LogP contribution >= 0.6 is 0 Å². The molecule has 1 aliphatic heterocycles. The third-order valence-electron chi connectivity index (χ3n) is 2.89. The van der Waals surface area contributed by atoms with Crippen molar-refractivity contribution in [3.63, 3.8) is 0 Å². The maximum absolute atomic E-state index is 12.5. The molecule has 1 heterocycles. The lowest BCUT2D eigenvalue weighted by molar-refractivity contribution is 0.0109. The quantitative estimate of drug-likeness (QED) is 0.734. The van der Waals surface area contributed by atoms with Gasteiger partial charge < -0.3 is 15.6 Å². The summed E-state index contributed by atoms with van der Waals surface area (Å²) in [6.45, 7) is 0.471. The molecular formula is C11H16N2O4S. The number of hydrogen-bond donors (Lipinski definition) is 2. The van der Waals surface area contributed by atoms with Gasteiger partial charge in [-0.25, -0.2) is 8.42 Å². The second kappa shape index (κ2) is 5.23. The average molecular weight is 272 g/mol.